The van der Waals surface area contributed by atoms with Gasteiger partial charge in [-0.2, -0.15) is 4.73 Å². The van der Waals surface area contributed by atoms with Crippen LogP contribution >= 0.6 is 23.2 Å². The summed E-state index contributed by atoms with van der Waals surface area (Å²) in [6.45, 7) is 1.90. The molecule has 3 rings (SSSR count). The van der Waals surface area contributed by atoms with Gasteiger partial charge in [0.2, 0.25) is 0 Å². The molecule has 0 radical (unpaired) electrons. The zero-order valence-electron chi connectivity index (χ0n) is 13.3. The predicted octanol–water partition coefficient (Wildman–Crippen LogP) is 3.59. The Morgan fingerprint density at radius 2 is 2.04 bits per heavy atom. The van der Waals surface area contributed by atoms with Crippen molar-refractivity contribution in [3.05, 3.63) is 51.2 Å². The summed E-state index contributed by atoms with van der Waals surface area (Å²) in [7, 11) is 1.52. The van der Waals surface area contributed by atoms with Crippen molar-refractivity contribution >= 4 is 45.9 Å². The van der Waals surface area contributed by atoms with E-state index in [1.54, 1.807) is 12.1 Å². The number of methoxy groups -OCH3 is 1. The van der Waals surface area contributed by atoms with Gasteiger partial charge in [0.1, 0.15) is 15.6 Å². The number of hydrogen-bond donors (Lipinski definition) is 1. The van der Waals surface area contributed by atoms with E-state index in [4.69, 9.17) is 32.4 Å². The van der Waals surface area contributed by atoms with Crippen LogP contribution in [-0.4, -0.2) is 18.0 Å². The third-order valence-electron chi connectivity index (χ3n) is 3.51. The summed E-state index contributed by atoms with van der Waals surface area (Å²) >= 11 is 11.9. The Labute approximate surface area is 152 Å². The average molecular weight is 382 g/mol. The second kappa shape index (κ2) is 6.78. The molecule has 0 bridgehead atoms. The fourth-order valence-corrected chi connectivity index (χ4v) is 2.96. The van der Waals surface area contributed by atoms with Crippen LogP contribution in [0.5, 0.6) is 5.75 Å². The molecule has 0 atom stereocenters. The SMILES string of the molecule is CCc1nc2c(NC(=O)c3c(Cl)c[n+]([O-])cc3Cl)ccc(OC)c2o1. The van der Waals surface area contributed by atoms with Crippen LogP contribution in [0.25, 0.3) is 11.1 Å². The van der Waals surface area contributed by atoms with Crippen molar-refractivity contribution in [2.45, 2.75) is 13.3 Å². The van der Waals surface area contributed by atoms with Crippen LogP contribution in [0.3, 0.4) is 0 Å². The van der Waals surface area contributed by atoms with E-state index in [1.165, 1.54) is 7.11 Å². The van der Waals surface area contributed by atoms with Crippen LogP contribution in [0.4, 0.5) is 5.69 Å². The van der Waals surface area contributed by atoms with Crippen LogP contribution in [-0.2, 0) is 6.42 Å². The first-order valence-electron chi connectivity index (χ1n) is 7.30. The number of amides is 1. The number of ether oxygens (including phenoxy) is 1. The van der Waals surface area contributed by atoms with Crippen LogP contribution in [0.2, 0.25) is 10.0 Å². The molecule has 7 nitrogen and oxygen atoms in total. The van der Waals surface area contributed by atoms with Gasteiger partial charge in [0, 0.05) is 6.42 Å². The highest BCUT2D eigenvalue weighted by atomic mass is 35.5. The number of benzene rings is 1. The highest BCUT2D eigenvalue weighted by molar-refractivity contribution is 6.40. The number of nitrogens with one attached hydrogen (secondary N) is 1. The zero-order valence-corrected chi connectivity index (χ0v) is 14.8. The van der Waals surface area contributed by atoms with Crippen LogP contribution in [0.1, 0.15) is 23.2 Å². The fourth-order valence-electron chi connectivity index (χ4n) is 2.35. The van der Waals surface area contributed by atoms with Gasteiger partial charge in [0.25, 0.3) is 5.91 Å². The number of halogens is 2. The van der Waals surface area contributed by atoms with Gasteiger partial charge in [-0.25, -0.2) is 4.98 Å². The quantitative estimate of drug-likeness (QED) is 0.550. The first-order chi connectivity index (χ1) is 11.9. The van der Waals surface area contributed by atoms with Crippen molar-refractivity contribution < 1.29 is 18.7 Å². The number of pyridine rings is 1. The summed E-state index contributed by atoms with van der Waals surface area (Å²) in [5.74, 6) is 0.449. The number of carbonyl (C=O) groups is 1. The lowest BCUT2D eigenvalue weighted by atomic mass is 10.2. The lowest BCUT2D eigenvalue weighted by Crippen LogP contribution is -2.27. The van der Waals surface area contributed by atoms with E-state index in [2.05, 4.69) is 10.3 Å². The fraction of sp³-hybridized carbons (Fsp3) is 0.188. The second-order valence-electron chi connectivity index (χ2n) is 5.10. The Balaban J connectivity index is 2.04. The van der Waals surface area contributed by atoms with Crippen LogP contribution in [0, 0.1) is 5.21 Å². The summed E-state index contributed by atoms with van der Waals surface area (Å²) in [6, 6.07) is 3.29. The molecule has 0 unspecified atom stereocenters. The lowest BCUT2D eigenvalue weighted by molar-refractivity contribution is -0.605. The van der Waals surface area contributed by atoms with Gasteiger partial charge in [0.05, 0.1) is 18.4 Å². The number of anilines is 1. The van der Waals surface area contributed by atoms with Crippen molar-refractivity contribution in [2.75, 3.05) is 12.4 Å². The molecule has 1 amide bonds. The maximum absolute atomic E-state index is 12.6. The van der Waals surface area contributed by atoms with Gasteiger partial charge in [-0.1, -0.05) is 30.1 Å². The van der Waals surface area contributed by atoms with Crippen molar-refractivity contribution in [1.29, 1.82) is 0 Å². The second-order valence-corrected chi connectivity index (χ2v) is 5.91. The molecule has 9 heteroatoms. The number of oxazole rings is 1. The number of hydrogen-bond acceptors (Lipinski definition) is 5. The van der Waals surface area contributed by atoms with E-state index in [9.17, 15) is 10.0 Å². The largest absolute Gasteiger partial charge is 0.619 e. The van der Waals surface area contributed by atoms with Crippen LogP contribution < -0.4 is 14.8 Å². The van der Waals surface area contributed by atoms with Gasteiger partial charge in [-0.05, 0) is 12.1 Å². The Hall–Kier alpha value is -2.51. The van der Waals surface area contributed by atoms with Crippen molar-refractivity contribution in [3.8, 4) is 5.75 Å². The standard InChI is InChI=1S/C16H13Cl2N3O4/c1-3-12-20-14-10(4-5-11(24-2)15(14)25-12)19-16(22)13-8(17)6-21(23)7-9(13)18/h4-7H,3H2,1-2H3,(H,19,22). The molecule has 25 heavy (non-hydrogen) atoms. The van der Waals surface area contributed by atoms with E-state index < -0.39 is 5.91 Å². The summed E-state index contributed by atoms with van der Waals surface area (Å²) < 4.78 is 11.3. The first-order valence-corrected chi connectivity index (χ1v) is 8.05. The summed E-state index contributed by atoms with van der Waals surface area (Å²) in [4.78, 5) is 16.9. The molecule has 0 saturated heterocycles. The Bertz CT molecular complexity index is 948. The molecule has 130 valence electrons. The maximum Gasteiger partial charge on any atom is 0.259 e. The molecule has 3 aromatic rings. The predicted molar refractivity (Wildman–Crippen MR) is 93.3 cm³/mol. The van der Waals surface area contributed by atoms with E-state index in [1.807, 2.05) is 6.92 Å². The van der Waals surface area contributed by atoms with Crippen LogP contribution in [0.15, 0.2) is 28.9 Å². The van der Waals surface area contributed by atoms with E-state index in [0.717, 1.165) is 12.4 Å². The highest BCUT2D eigenvalue weighted by Gasteiger charge is 2.21. The number of aromatic nitrogens is 2. The third-order valence-corrected chi connectivity index (χ3v) is 4.08. The van der Waals surface area contributed by atoms with Gasteiger partial charge in [-0.3, -0.25) is 4.79 Å². The van der Waals surface area contributed by atoms with Crippen molar-refractivity contribution in [2.24, 2.45) is 0 Å². The maximum atomic E-state index is 12.6. The first kappa shape index (κ1) is 17.3. The molecule has 0 aliphatic carbocycles. The number of rotatable bonds is 4. The monoisotopic (exact) mass is 381 g/mol. The number of carbonyl (C=O) groups excluding carboxylic acids is 1. The normalized spacial score (nSPS) is 10.9. The summed E-state index contributed by atoms with van der Waals surface area (Å²) in [5.41, 5.74) is 1.29. The topological polar surface area (TPSA) is 91.3 Å². The Kier molecular flexibility index (Phi) is 4.69. The number of nitrogens with zero attached hydrogens (tertiary/aromatic N) is 2. The molecular formula is C16H13Cl2N3O4. The zero-order chi connectivity index (χ0) is 18.1. The minimum atomic E-state index is -0.567. The lowest BCUT2D eigenvalue weighted by Gasteiger charge is -2.09. The summed E-state index contributed by atoms with van der Waals surface area (Å²) in [6.07, 6.45) is 2.69. The van der Waals surface area contributed by atoms with Crippen molar-refractivity contribution in [1.82, 2.24) is 4.98 Å². The molecule has 2 heterocycles. The molecule has 1 N–H and O–H groups in total. The minimum absolute atomic E-state index is 0.00129. The van der Waals surface area contributed by atoms with Gasteiger partial charge in [0.15, 0.2) is 29.6 Å². The van der Waals surface area contributed by atoms with Gasteiger partial charge < -0.3 is 19.7 Å². The molecule has 2 aromatic heterocycles. The molecular weight excluding hydrogens is 369 g/mol. The summed E-state index contributed by atoms with van der Waals surface area (Å²) in [5, 5.41) is 13.9. The van der Waals surface area contributed by atoms with Crippen molar-refractivity contribution in [3.63, 3.8) is 0 Å². The molecule has 0 aliphatic heterocycles. The highest BCUT2D eigenvalue weighted by Crippen LogP contribution is 2.33. The Morgan fingerprint density at radius 3 is 2.64 bits per heavy atom. The Morgan fingerprint density at radius 1 is 1.36 bits per heavy atom. The molecule has 1 aromatic carbocycles. The smallest absolute Gasteiger partial charge is 0.259 e. The number of aryl methyl sites for hydroxylation is 1. The minimum Gasteiger partial charge on any atom is -0.619 e. The van der Waals surface area contributed by atoms with E-state index in [0.29, 0.717) is 39.6 Å². The average Bonchev–Trinajstić information content (AvgIpc) is 2.99. The molecule has 0 spiro atoms. The molecule has 0 aliphatic rings. The molecule has 0 fully saturated rings. The number of fused-ring (bicyclic) bond motifs is 1. The third kappa shape index (κ3) is 3.20. The van der Waals surface area contributed by atoms with Gasteiger partial charge >= 0.3 is 0 Å². The van der Waals surface area contributed by atoms with Gasteiger partial charge in [-0.15, -0.1) is 0 Å². The van der Waals surface area contributed by atoms with E-state index in [-0.39, 0.29) is 15.6 Å². The van der Waals surface area contributed by atoms with E-state index >= 15 is 0 Å². The molecule has 0 saturated carbocycles.